The van der Waals surface area contributed by atoms with Crippen molar-refractivity contribution >= 4 is 22.8 Å². The number of carbonyl (C=O) groups is 2. The van der Waals surface area contributed by atoms with Crippen molar-refractivity contribution in [3.05, 3.63) is 71.9 Å². The van der Waals surface area contributed by atoms with Crippen LogP contribution in [0.5, 0.6) is 5.75 Å². The van der Waals surface area contributed by atoms with E-state index in [1.807, 2.05) is 30.3 Å². The first-order valence-electron chi connectivity index (χ1n) is 8.97. The van der Waals surface area contributed by atoms with Gasteiger partial charge in [-0.05, 0) is 42.7 Å². The van der Waals surface area contributed by atoms with Crippen LogP contribution in [-0.4, -0.2) is 27.1 Å². The zero-order chi connectivity index (χ0) is 20.1. The molecule has 2 aromatic carbocycles. The summed E-state index contributed by atoms with van der Waals surface area (Å²) in [5, 5.41) is 19.8. The predicted octanol–water partition coefficient (Wildman–Crippen LogP) is 3.92. The predicted molar refractivity (Wildman–Crippen MR) is 104 cm³/mol. The largest absolute Gasteiger partial charge is 0.489 e. The number of carboxylic acid groups (broad SMARTS) is 2. The van der Waals surface area contributed by atoms with E-state index in [0.29, 0.717) is 17.9 Å². The molecule has 0 saturated heterocycles. The number of hydrogen-bond acceptors (Lipinski definition) is 4. The summed E-state index contributed by atoms with van der Waals surface area (Å²) in [6.45, 7) is 1.91. The summed E-state index contributed by atoms with van der Waals surface area (Å²) >= 11 is 0. The minimum Gasteiger partial charge on any atom is -0.489 e. The number of aliphatic carboxylic acids is 2. The summed E-state index contributed by atoms with van der Waals surface area (Å²) in [7, 11) is 0. The molecule has 2 N–H and O–H groups in total. The van der Waals surface area contributed by atoms with Gasteiger partial charge < -0.3 is 14.9 Å². The summed E-state index contributed by atoms with van der Waals surface area (Å²) in [5.74, 6) is -2.04. The molecule has 3 aromatic rings. The third kappa shape index (κ3) is 3.96. The zero-order valence-electron chi connectivity index (χ0n) is 15.5. The molecule has 0 aliphatic carbocycles. The molecule has 0 unspecified atom stereocenters. The lowest BCUT2D eigenvalue weighted by Gasteiger charge is -2.23. The standard InChI is InChI=1S/C22H21NO5/c1-2-22(20(24)25,21(26)27)12-15-7-9-18(10-8-15)28-14-16-11-17-5-3-4-6-19(17)23-13-16/h3-11,13H,2,12,14H2,1H3,(H,24,25)(H,26,27). The van der Waals surface area contributed by atoms with Crippen LogP contribution in [-0.2, 0) is 22.6 Å². The van der Waals surface area contributed by atoms with Crippen molar-refractivity contribution in [1.82, 2.24) is 4.98 Å². The summed E-state index contributed by atoms with van der Waals surface area (Å²) in [6.07, 6.45) is 1.69. The summed E-state index contributed by atoms with van der Waals surface area (Å²) < 4.78 is 5.77. The van der Waals surface area contributed by atoms with Gasteiger partial charge in [-0.2, -0.15) is 0 Å². The SMILES string of the molecule is CCC(Cc1ccc(OCc2cnc3ccccc3c2)cc1)(C(=O)O)C(=O)O. The highest BCUT2D eigenvalue weighted by Gasteiger charge is 2.44. The average molecular weight is 379 g/mol. The number of ether oxygens (including phenoxy) is 1. The Labute approximate surface area is 162 Å². The summed E-state index contributed by atoms with van der Waals surface area (Å²) in [4.78, 5) is 27.4. The average Bonchev–Trinajstić information content (AvgIpc) is 2.70. The molecule has 1 heterocycles. The second-order valence-electron chi connectivity index (χ2n) is 6.69. The van der Waals surface area contributed by atoms with Gasteiger partial charge >= 0.3 is 11.9 Å². The van der Waals surface area contributed by atoms with E-state index < -0.39 is 17.4 Å². The molecule has 28 heavy (non-hydrogen) atoms. The highest BCUT2D eigenvalue weighted by Crippen LogP contribution is 2.29. The lowest BCUT2D eigenvalue weighted by Crippen LogP contribution is -2.40. The summed E-state index contributed by atoms with van der Waals surface area (Å²) in [6, 6.07) is 16.7. The van der Waals surface area contributed by atoms with E-state index in [1.165, 1.54) is 0 Å². The fraction of sp³-hybridized carbons (Fsp3) is 0.227. The molecule has 0 fully saturated rings. The van der Waals surface area contributed by atoms with Crippen LogP contribution in [0.1, 0.15) is 24.5 Å². The number of benzene rings is 2. The van der Waals surface area contributed by atoms with Crippen molar-refractivity contribution in [3.63, 3.8) is 0 Å². The second kappa shape index (κ2) is 8.08. The van der Waals surface area contributed by atoms with Crippen molar-refractivity contribution in [2.24, 2.45) is 5.41 Å². The van der Waals surface area contributed by atoms with Crippen LogP contribution in [0.2, 0.25) is 0 Å². The number of para-hydroxylation sites is 1. The minimum absolute atomic E-state index is 0.00484. The Balaban J connectivity index is 1.68. The van der Waals surface area contributed by atoms with Crippen LogP contribution in [0.25, 0.3) is 10.9 Å². The number of hydrogen-bond donors (Lipinski definition) is 2. The first-order valence-corrected chi connectivity index (χ1v) is 8.97. The highest BCUT2D eigenvalue weighted by atomic mass is 16.5. The van der Waals surface area contributed by atoms with Crippen molar-refractivity contribution in [2.45, 2.75) is 26.4 Å². The molecule has 3 rings (SSSR count). The smallest absolute Gasteiger partial charge is 0.321 e. The van der Waals surface area contributed by atoms with E-state index in [-0.39, 0.29) is 12.8 Å². The molecule has 6 heteroatoms. The first kappa shape index (κ1) is 19.4. The summed E-state index contributed by atoms with van der Waals surface area (Å²) in [5.41, 5.74) is 0.668. The van der Waals surface area contributed by atoms with Crippen LogP contribution < -0.4 is 4.74 Å². The number of aromatic nitrogens is 1. The van der Waals surface area contributed by atoms with Crippen LogP contribution in [0.15, 0.2) is 60.8 Å². The molecule has 0 aliphatic rings. The maximum absolute atomic E-state index is 11.5. The Bertz CT molecular complexity index is 983. The zero-order valence-corrected chi connectivity index (χ0v) is 15.5. The Morgan fingerprint density at radius 2 is 1.68 bits per heavy atom. The number of rotatable bonds is 8. The third-order valence-corrected chi connectivity index (χ3v) is 4.90. The molecule has 0 aliphatic heterocycles. The molecule has 0 bridgehead atoms. The van der Waals surface area contributed by atoms with Gasteiger partial charge in [0.25, 0.3) is 0 Å². The van der Waals surface area contributed by atoms with Crippen molar-refractivity contribution in [2.75, 3.05) is 0 Å². The second-order valence-corrected chi connectivity index (χ2v) is 6.69. The van der Waals surface area contributed by atoms with E-state index in [1.54, 1.807) is 37.4 Å². The molecule has 1 aromatic heterocycles. The Morgan fingerprint density at radius 1 is 1.00 bits per heavy atom. The van der Waals surface area contributed by atoms with Gasteiger partial charge in [-0.25, -0.2) is 0 Å². The van der Waals surface area contributed by atoms with Crippen LogP contribution in [0.3, 0.4) is 0 Å². The Morgan fingerprint density at radius 3 is 2.32 bits per heavy atom. The van der Waals surface area contributed by atoms with E-state index in [9.17, 15) is 19.8 Å². The first-order chi connectivity index (χ1) is 13.4. The fourth-order valence-electron chi connectivity index (χ4n) is 3.08. The maximum atomic E-state index is 11.5. The van der Waals surface area contributed by atoms with Crippen LogP contribution in [0, 0.1) is 5.41 Å². The van der Waals surface area contributed by atoms with E-state index in [0.717, 1.165) is 16.5 Å². The number of carboxylic acids is 2. The molecule has 144 valence electrons. The monoisotopic (exact) mass is 379 g/mol. The van der Waals surface area contributed by atoms with Gasteiger partial charge in [-0.1, -0.05) is 37.3 Å². The van der Waals surface area contributed by atoms with Gasteiger partial charge in [0, 0.05) is 17.1 Å². The van der Waals surface area contributed by atoms with Gasteiger partial charge in [-0.15, -0.1) is 0 Å². The lowest BCUT2D eigenvalue weighted by molar-refractivity contribution is -0.164. The Hall–Kier alpha value is -3.41. The van der Waals surface area contributed by atoms with Crippen molar-refractivity contribution in [1.29, 1.82) is 0 Å². The van der Waals surface area contributed by atoms with Crippen LogP contribution >= 0.6 is 0 Å². The van der Waals surface area contributed by atoms with Gasteiger partial charge in [0.15, 0.2) is 5.41 Å². The van der Waals surface area contributed by atoms with Crippen LogP contribution in [0.4, 0.5) is 0 Å². The van der Waals surface area contributed by atoms with E-state index in [2.05, 4.69) is 4.98 Å². The molecule has 0 amide bonds. The van der Waals surface area contributed by atoms with Gasteiger partial charge in [0.05, 0.1) is 5.52 Å². The molecule has 0 radical (unpaired) electrons. The molecular weight excluding hydrogens is 358 g/mol. The van der Waals surface area contributed by atoms with Crippen molar-refractivity contribution < 1.29 is 24.5 Å². The molecule has 0 atom stereocenters. The molecule has 6 nitrogen and oxygen atoms in total. The quantitative estimate of drug-likeness (QED) is 0.576. The normalized spacial score (nSPS) is 11.3. The number of pyridine rings is 1. The van der Waals surface area contributed by atoms with Gasteiger partial charge in [0.2, 0.25) is 0 Å². The Kier molecular flexibility index (Phi) is 5.59. The minimum atomic E-state index is -1.82. The topological polar surface area (TPSA) is 96.7 Å². The van der Waals surface area contributed by atoms with Gasteiger partial charge in [0.1, 0.15) is 12.4 Å². The van der Waals surface area contributed by atoms with E-state index >= 15 is 0 Å². The third-order valence-electron chi connectivity index (χ3n) is 4.90. The molecular formula is C22H21NO5. The lowest BCUT2D eigenvalue weighted by atomic mass is 9.79. The van der Waals surface area contributed by atoms with Gasteiger partial charge in [-0.3, -0.25) is 14.6 Å². The molecule has 0 saturated carbocycles. The van der Waals surface area contributed by atoms with E-state index in [4.69, 9.17) is 4.74 Å². The molecule has 0 spiro atoms. The fourth-order valence-corrected chi connectivity index (χ4v) is 3.08. The maximum Gasteiger partial charge on any atom is 0.321 e. The number of fused-ring (bicyclic) bond motifs is 1. The number of nitrogens with zero attached hydrogens (tertiary/aromatic N) is 1. The van der Waals surface area contributed by atoms with Crippen molar-refractivity contribution in [3.8, 4) is 5.75 Å². The highest BCUT2D eigenvalue weighted by molar-refractivity contribution is 5.98.